The van der Waals surface area contributed by atoms with Crippen LogP contribution in [0.15, 0.2) is 22.7 Å². The summed E-state index contributed by atoms with van der Waals surface area (Å²) < 4.78 is 10.9. The monoisotopic (exact) mass is 324 g/mol. The number of hydrogen-bond acceptors (Lipinski definition) is 6. The Balaban J connectivity index is 1.44. The fourth-order valence-corrected chi connectivity index (χ4v) is 3.31. The first-order valence-corrected chi connectivity index (χ1v) is 8.39. The van der Waals surface area contributed by atoms with E-state index in [9.17, 15) is 0 Å². The molecule has 0 bridgehead atoms. The van der Waals surface area contributed by atoms with Crippen LogP contribution in [0.5, 0.6) is 5.75 Å². The van der Waals surface area contributed by atoms with Crippen LogP contribution >= 0.6 is 0 Å². The molecule has 1 saturated heterocycles. The average molecular weight is 324 g/mol. The highest BCUT2D eigenvalue weighted by Gasteiger charge is 2.33. The van der Waals surface area contributed by atoms with Crippen molar-refractivity contribution in [1.29, 1.82) is 5.26 Å². The van der Waals surface area contributed by atoms with Gasteiger partial charge in [-0.05, 0) is 44.0 Å². The van der Waals surface area contributed by atoms with Crippen molar-refractivity contribution >= 4 is 0 Å². The summed E-state index contributed by atoms with van der Waals surface area (Å²) >= 11 is 0. The molecule has 1 saturated carbocycles. The van der Waals surface area contributed by atoms with Crippen LogP contribution < -0.4 is 4.74 Å². The van der Waals surface area contributed by atoms with E-state index < -0.39 is 0 Å². The lowest BCUT2D eigenvalue weighted by molar-refractivity contribution is 0.302. The number of nitrogens with zero attached hydrogens (tertiary/aromatic N) is 4. The molecule has 0 amide bonds. The first kappa shape index (κ1) is 15.2. The molecule has 6 heteroatoms. The van der Waals surface area contributed by atoms with Crippen LogP contribution in [-0.4, -0.2) is 35.2 Å². The van der Waals surface area contributed by atoms with Gasteiger partial charge in [-0.25, -0.2) is 0 Å². The molecule has 1 aliphatic carbocycles. The van der Waals surface area contributed by atoms with Gasteiger partial charge in [-0.3, -0.25) is 4.90 Å². The van der Waals surface area contributed by atoms with Gasteiger partial charge in [0, 0.05) is 24.6 Å². The van der Waals surface area contributed by atoms with Crippen molar-refractivity contribution in [3.05, 3.63) is 41.0 Å². The lowest BCUT2D eigenvalue weighted by Crippen LogP contribution is -2.20. The summed E-state index contributed by atoms with van der Waals surface area (Å²) in [5.74, 6) is 3.31. The second-order valence-corrected chi connectivity index (χ2v) is 6.62. The predicted molar refractivity (Wildman–Crippen MR) is 86.6 cm³/mol. The number of rotatable bonds is 5. The van der Waals surface area contributed by atoms with Crippen LogP contribution in [0.25, 0.3) is 0 Å². The van der Waals surface area contributed by atoms with Gasteiger partial charge in [0.05, 0.1) is 24.7 Å². The molecule has 1 unspecified atom stereocenters. The van der Waals surface area contributed by atoms with E-state index in [4.69, 9.17) is 14.5 Å². The normalized spacial score (nSPS) is 20.9. The molecular formula is C18H20N4O2. The molecule has 24 heavy (non-hydrogen) atoms. The number of hydrogen-bond donors (Lipinski definition) is 0. The minimum Gasteiger partial charge on any atom is -0.496 e. The molecule has 2 heterocycles. The van der Waals surface area contributed by atoms with Crippen LogP contribution in [0.3, 0.4) is 0 Å². The molecule has 1 atom stereocenters. The highest BCUT2D eigenvalue weighted by molar-refractivity contribution is 5.42. The molecule has 124 valence electrons. The quantitative estimate of drug-likeness (QED) is 0.842. The van der Waals surface area contributed by atoms with Gasteiger partial charge in [0.2, 0.25) is 5.89 Å². The molecule has 1 aromatic heterocycles. The first-order chi connectivity index (χ1) is 11.8. The van der Waals surface area contributed by atoms with Gasteiger partial charge in [0.15, 0.2) is 5.82 Å². The number of benzene rings is 1. The molecule has 6 nitrogen and oxygen atoms in total. The molecular weight excluding hydrogens is 304 g/mol. The van der Waals surface area contributed by atoms with Crippen molar-refractivity contribution in [1.82, 2.24) is 15.0 Å². The Morgan fingerprint density at radius 3 is 2.96 bits per heavy atom. The Kier molecular flexibility index (Phi) is 3.95. The van der Waals surface area contributed by atoms with Crippen LogP contribution in [-0.2, 0) is 6.54 Å². The van der Waals surface area contributed by atoms with Crippen LogP contribution in [0.2, 0.25) is 0 Å². The van der Waals surface area contributed by atoms with E-state index in [-0.39, 0.29) is 0 Å². The summed E-state index contributed by atoms with van der Waals surface area (Å²) in [4.78, 5) is 6.94. The largest absolute Gasteiger partial charge is 0.496 e. The second-order valence-electron chi connectivity index (χ2n) is 6.62. The molecule has 0 spiro atoms. The van der Waals surface area contributed by atoms with Gasteiger partial charge in [-0.2, -0.15) is 10.2 Å². The van der Waals surface area contributed by atoms with Gasteiger partial charge in [-0.15, -0.1) is 0 Å². The lowest BCUT2D eigenvalue weighted by atomic mass is 10.1. The molecule has 2 aliphatic rings. The molecule has 0 N–H and O–H groups in total. The van der Waals surface area contributed by atoms with E-state index in [1.54, 1.807) is 13.2 Å². The van der Waals surface area contributed by atoms with E-state index in [1.165, 1.54) is 12.8 Å². The maximum atomic E-state index is 9.10. The summed E-state index contributed by atoms with van der Waals surface area (Å²) in [5, 5.41) is 13.2. The van der Waals surface area contributed by atoms with Crippen molar-refractivity contribution in [2.45, 2.75) is 37.6 Å². The molecule has 1 aromatic carbocycles. The Labute approximate surface area is 141 Å². The van der Waals surface area contributed by atoms with E-state index in [1.807, 2.05) is 12.1 Å². The minimum absolute atomic E-state index is 0.301. The van der Waals surface area contributed by atoms with E-state index in [2.05, 4.69) is 21.1 Å². The van der Waals surface area contributed by atoms with Gasteiger partial charge in [0.1, 0.15) is 5.75 Å². The van der Waals surface area contributed by atoms with E-state index in [0.717, 1.165) is 49.1 Å². The third-order valence-corrected chi connectivity index (χ3v) is 4.83. The average Bonchev–Trinajstić information content (AvgIpc) is 3.16. The van der Waals surface area contributed by atoms with Crippen molar-refractivity contribution in [3.8, 4) is 11.8 Å². The maximum Gasteiger partial charge on any atom is 0.231 e. The lowest BCUT2D eigenvalue weighted by Gasteiger charge is -2.17. The van der Waals surface area contributed by atoms with Crippen LogP contribution in [0.1, 0.15) is 53.9 Å². The Morgan fingerprint density at radius 2 is 2.21 bits per heavy atom. The fraction of sp³-hybridized carbons (Fsp3) is 0.500. The van der Waals surface area contributed by atoms with Gasteiger partial charge < -0.3 is 9.26 Å². The SMILES string of the molecule is COc1ccc(C#N)cc1CN1CCC(c2nc(C3CC3)no2)C1. The van der Waals surface area contributed by atoms with Crippen molar-refractivity contribution in [2.24, 2.45) is 0 Å². The summed E-state index contributed by atoms with van der Waals surface area (Å²) in [6, 6.07) is 7.74. The highest BCUT2D eigenvalue weighted by Crippen LogP contribution is 2.39. The predicted octanol–water partition coefficient (Wildman–Crippen LogP) is 2.82. The van der Waals surface area contributed by atoms with Gasteiger partial charge >= 0.3 is 0 Å². The number of likely N-dealkylation sites (tertiary alicyclic amines) is 1. The zero-order valence-corrected chi connectivity index (χ0v) is 13.7. The van der Waals surface area contributed by atoms with Crippen LogP contribution in [0.4, 0.5) is 0 Å². The third kappa shape index (κ3) is 3.00. The maximum absolute atomic E-state index is 9.10. The summed E-state index contributed by atoms with van der Waals surface area (Å²) in [6.07, 6.45) is 3.39. The second kappa shape index (κ2) is 6.25. The number of nitriles is 1. The van der Waals surface area contributed by atoms with Crippen molar-refractivity contribution in [2.75, 3.05) is 20.2 Å². The molecule has 0 radical (unpaired) electrons. The Bertz CT molecular complexity index is 776. The number of ether oxygens (including phenoxy) is 1. The van der Waals surface area contributed by atoms with Crippen molar-refractivity contribution in [3.63, 3.8) is 0 Å². The summed E-state index contributed by atoms with van der Waals surface area (Å²) in [5.41, 5.74) is 1.70. The Hall–Kier alpha value is -2.39. The van der Waals surface area contributed by atoms with Crippen LogP contribution in [0, 0.1) is 11.3 Å². The topological polar surface area (TPSA) is 75.2 Å². The van der Waals surface area contributed by atoms with Gasteiger partial charge in [-0.1, -0.05) is 5.16 Å². The minimum atomic E-state index is 0.301. The number of aromatic nitrogens is 2. The third-order valence-electron chi connectivity index (χ3n) is 4.83. The summed E-state index contributed by atoms with van der Waals surface area (Å²) in [7, 11) is 1.66. The smallest absolute Gasteiger partial charge is 0.231 e. The standard InChI is InChI=1S/C18H20N4O2/c1-23-16-5-2-12(9-19)8-15(16)11-22-7-6-14(10-22)18-20-17(21-24-18)13-3-4-13/h2,5,8,13-14H,3-4,6-7,10-11H2,1H3. The van der Waals surface area contributed by atoms with Gasteiger partial charge in [0.25, 0.3) is 0 Å². The molecule has 4 rings (SSSR count). The van der Waals surface area contributed by atoms with Crippen molar-refractivity contribution < 1.29 is 9.26 Å². The molecule has 2 aromatic rings. The first-order valence-electron chi connectivity index (χ1n) is 8.39. The highest BCUT2D eigenvalue weighted by atomic mass is 16.5. The number of methoxy groups -OCH3 is 1. The zero-order chi connectivity index (χ0) is 16.5. The zero-order valence-electron chi connectivity index (χ0n) is 13.7. The Morgan fingerprint density at radius 1 is 1.33 bits per heavy atom. The molecule has 1 aliphatic heterocycles. The molecule has 2 fully saturated rings. The fourth-order valence-electron chi connectivity index (χ4n) is 3.31. The summed E-state index contributed by atoms with van der Waals surface area (Å²) in [6.45, 7) is 2.64. The van der Waals surface area contributed by atoms with E-state index >= 15 is 0 Å². The van der Waals surface area contributed by atoms with E-state index in [0.29, 0.717) is 17.4 Å².